The molecule has 1 aliphatic carbocycles. The SMILES string of the molecule is O=S(=O)(c1ccc2c(c1)OCCO2)N1CC(N[C@@H]2CCOC3(CCC3)C2)C1. The molecule has 8 heteroatoms. The predicted molar refractivity (Wildman–Crippen MR) is 98.7 cm³/mol. The summed E-state index contributed by atoms with van der Waals surface area (Å²) in [5, 5.41) is 3.65. The Balaban J connectivity index is 1.20. The monoisotopic (exact) mass is 394 g/mol. The lowest BCUT2D eigenvalue weighted by Gasteiger charge is -2.49. The van der Waals surface area contributed by atoms with Gasteiger partial charge in [-0.2, -0.15) is 4.31 Å². The van der Waals surface area contributed by atoms with E-state index in [1.165, 1.54) is 23.6 Å². The molecule has 1 atom stereocenters. The molecular formula is C19H26N2O5S. The van der Waals surface area contributed by atoms with Gasteiger partial charge in [-0.1, -0.05) is 0 Å². The summed E-state index contributed by atoms with van der Waals surface area (Å²) in [5.74, 6) is 1.11. The molecule has 0 amide bonds. The molecule has 3 aliphatic heterocycles. The van der Waals surface area contributed by atoms with Crippen molar-refractivity contribution in [1.29, 1.82) is 0 Å². The zero-order chi connectivity index (χ0) is 18.5. The van der Waals surface area contributed by atoms with Gasteiger partial charge in [0.1, 0.15) is 13.2 Å². The van der Waals surface area contributed by atoms with E-state index in [2.05, 4.69) is 5.32 Å². The van der Waals surface area contributed by atoms with Crippen LogP contribution < -0.4 is 14.8 Å². The Morgan fingerprint density at radius 3 is 2.56 bits per heavy atom. The van der Waals surface area contributed by atoms with Crippen LogP contribution in [0, 0.1) is 0 Å². The largest absolute Gasteiger partial charge is 0.486 e. The Hall–Kier alpha value is -1.35. The first-order chi connectivity index (χ1) is 13.0. The van der Waals surface area contributed by atoms with Crippen LogP contribution in [0.15, 0.2) is 23.1 Å². The van der Waals surface area contributed by atoms with E-state index < -0.39 is 10.0 Å². The van der Waals surface area contributed by atoms with Gasteiger partial charge < -0.3 is 19.5 Å². The third-order valence-corrected chi connectivity index (χ3v) is 8.06. The molecule has 3 heterocycles. The molecule has 4 aliphatic rings. The Morgan fingerprint density at radius 1 is 1.04 bits per heavy atom. The highest BCUT2D eigenvalue weighted by molar-refractivity contribution is 7.89. The number of sulfonamides is 1. The molecule has 0 aromatic heterocycles. The van der Waals surface area contributed by atoms with Crippen LogP contribution in [0.2, 0.25) is 0 Å². The van der Waals surface area contributed by atoms with Crippen molar-refractivity contribution >= 4 is 10.0 Å². The molecule has 1 spiro atoms. The van der Waals surface area contributed by atoms with Crippen molar-refractivity contribution in [2.24, 2.45) is 0 Å². The summed E-state index contributed by atoms with van der Waals surface area (Å²) >= 11 is 0. The molecule has 0 bridgehead atoms. The van der Waals surface area contributed by atoms with Gasteiger partial charge in [-0.05, 0) is 44.2 Å². The van der Waals surface area contributed by atoms with E-state index in [4.69, 9.17) is 14.2 Å². The molecule has 1 saturated carbocycles. The third-order valence-electron chi connectivity index (χ3n) is 6.23. The van der Waals surface area contributed by atoms with Gasteiger partial charge in [-0.25, -0.2) is 8.42 Å². The molecule has 1 aromatic carbocycles. The number of hydrogen-bond donors (Lipinski definition) is 1. The van der Waals surface area contributed by atoms with Gasteiger partial charge in [0.2, 0.25) is 10.0 Å². The number of ether oxygens (including phenoxy) is 3. The second-order valence-corrected chi connectivity index (χ2v) is 10.0. The highest BCUT2D eigenvalue weighted by atomic mass is 32.2. The molecule has 2 saturated heterocycles. The van der Waals surface area contributed by atoms with Crippen molar-refractivity contribution in [3.05, 3.63) is 18.2 Å². The minimum absolute atomic E-state index is 0.108. The fourth-order valence-corrected chi connectivity index (χ4v) is 6.04. The average Bonchev–Trinajstić information content (AvgIpc) is 2.62. The smallest absolute Gasteiger partial charge is 0.243 e. The molecule has 3 fully saturated rings. The quantitative estimate of drug-likeness (QED) is 0.835. The van der Waals surface area contributed by atoms with Crippen LogP contribution in [-0.2, 0) is 14.8 Å². The molecule has 1 N–H and O–H groups in total. The van der Waals surface area contributed by atoms with E-state index in [9.17, 15) is 8.42 Å². The van der Waals surface area contributed by atoms with Gasteiger partial charge >= 0.3 is 0 Å². The fourth-order valence-electron chi connectivity index (χ4n) is 4.50. The molecular weight excluding hydrogens is 368 g/mol. The summed E-state index contributed by atoms with van der Waals surface area (Å²) in [6.07, 6.45) is 5.66. The molecule has 0 unspecified atom stereocenters. The molecule has 148 valence electrons. The second kappa shape index (κ2) is 6.62. The molecule has 0 radical (unpaired) electrons. The van der Waals surface area contributed by atoms with Crippen LogP contribution in [0.1, 0.15) is 32.1 Å². The molecule has 27 heavy (non-hydrogen) atoms. The van der Waals surface area contributed by atoms with Gasteiger partial charge in [0.05, 0.1) is 10.5 Å². The minimum Gasteiger partial charge on any atom is -0.486 e. The molecule has 5 rings (SSSR count). The molecule has 7 nitrogen and oxygen atoms in total. The summed E-state index contributed by atoms with van der Waals surface area (Å²) in [5.41, 5.74) is 0.108. The van der Waals surface area contributed by atoms with Crippen LogP contribution in [0.25, 0.3) is 0 Å². The van der Waals surface area contributed by atoms with Crippen molar-refractivity contribution in [2.75, 3.05) is 32.9 Å². The van der Waals surface area contributed by atoms with Gasteiger partial charge in [0.25, 0.3) is 0 Å². The lowest BCUT2D eigenvalue weighted by molar-refractivity contribution is -0.137. The summed E-state index contributed by atoms with van der Waals surface area (Å²) < 4.78 is 44.3. The number of nitrogens with zero attached hydrogens (tertiary/aromatic N) is 1. The first-order valence-electron chi connectivity index (χ1n) is 9.84. The van der Waals surface area contributed by atoms with Crippen molar-refractivity contribution in [3.63, 3.8) is 0 Å². The number of hydrogen-bond acceptors (Lipinski definition) is 6. The first kappa shape index (κ1) is 17.7. The van der Waals surface area contributed by atoms with E-state index in [-0.39, 0.29) is 16.5 Å². The normalized spacial score (nSPS) is 27.8. The maximum Gasteiger partial charge on any atom is 0.243 e. The maximum atomic E-state index is 12.9. The third kappa shape index (κ3) is 3.22. The van der Waals surface area contributed by atoms with Crippen LogP contribution in [0.5, 0.6) is 11.5 Å². The van der Waals surface area contributed by atoms with Crippen LogP contribution in [0.3, 0.4) is 0 Å². The van der Waals surface area contributed by atoms with Crippen LogP contribution >= 0.6 is 0 Å². The van der Waals surface area contributed by atoms with Gasteiger partial charge in [0.15, 0.2) is 11.5 Å². The summed E-state index contributed by atoms with van der Waals surface area (Å²) in [4.78, 5) is 0.268. The summed E-state index contributed by atoms with van der Waals surface area (Å²) in [7, 11) is -3.49. The van der Waals surface area contributed by atoms with Gasteiger partial charge in [-0.15, -0.1) is 0 Å². The minimum atomic E-state index is -3.49. The van der Waals surface area contributed by atoms with Gasteiger partial charge in [-0.3, -0.25) is 0 Å². The Kier molecular flexibility index (Phi) is 4.34. The van der Waals surface area contributed by atoms with E-state index in [0.717, 1.165) is 19.4 Å². The maximum absolute atomic E-state index is 12.9. The fraction of sp³-hybridized carbons (Fsp3) is 0.684. The van der Waals surface area contributed by atoms with Crippen LogP contribution in [-0.4, -0.2) is 63.3 Å². The van der Waals surface area contributed by atoms with Crippen molar-refractivity contribution < 1.29 is 22.6 Å². The zero-order valence-electron chi connectivity index (χ0n) is 15.4. The summed E-state index contributed by atoms with van der Waals surface area (Å²) in [6.45, 7) is 2.77. The van der Waals surface area contributed by atoms with E-state index in [0.29, 0.717) is 43.8 Å². The lowest BCUT2D eigenvalue weighted by atomic mass is 9.74. The Labute approximate surface area is 160 Å². The van der Waals surface area contributed by atoms with Crippen molar-refractivity contribution in [1.82, 2.24) is 9.62 Å². The number of fused-ring (bicyclic) bond motifs is 1. The highest BCUT2D eigenvalue weighted by Crippen LogP contribution is 2.42. The summed E-state index contributed by atoms with van der Waals surface area (Å²) in [6, 6.07) is 5.50. The highest BCUT2D eigenvalue weighted by Gasteiger charge is 2.44. The van der Waals surface area contributed by atoms with Gasteiger partial charge in [0, 0.05) is 37.8 Å². The second-order valence-electron chi connectivity index (χ2n) is 8.07. The molecule has 1 aromatic rings. The Bertz CT molecular complexity index is 817. The Morgan fingerprint density at radius 2 is 1.81 bits per heavy atom. The van der Waals surface area contributed by atoms with Crippen LogP contribution in [0.4, 0.5) is 0 Å². The number of rotatable bonds is 4. The van der Waals surface area contributed by atoms with Crippen molar-refractivity contribution in [3.8, 4) is 11.5 Å². The van der Waals surface area contributed by atoms with Crippen molar-refractivity contribution in [2.45, 2.75) is 54.7 Å². The van der Waals surface area contributed by atoms with E-state index in [1.807, 2.05) is 0 Å². The first-order valence-corrected chi connectivity index (χ1v) is 11.3. The van der Waals surface area contributed by atoms with E-state index in [1.54, 1.807) is 18.2 Å². The lowest BCUT2D eigenvalue weighted by Crippen LogP contribution is -2.63. The standard InChI is InChI=1S/C19H26N2O5S/c22-27(23,16-2-3-17-18(10-16)25-9-8-24-17)21-12-15(13-21)20-14-4-7-26-19(11-14)5-1-6-19/h2-3,10,14-15,20H,1,4-9,11-13H2/t14-/m1/s1. The predicted octanol–water partition coefficient (Wildman–Crippen LogP) is 1.52. The zero-order valence-corrected chi connectivity index (χ0v) is 16.2. The number of benzene rings is 1. The topological polar surface area (TPSA) is 77.1 Å². The number of nitrogens with one attached hydrogen (secondary N) is 1. The van der Waals surface area contributed by atoms with E-state index >= 15 is 0 Å². The average molecular weight is 394 g/mol.